The number of aliphatic carboxylic acids is 1. The number of aromatic nitrogens is 2. The first-order chi connectivity index (χ1) is 10.3. The zero-order chi connectivity index (χ0) is 16.5. The molecule has 2 aromatic heterocycles. The van der Waals surface area contributed by atoms with Gasteiger partial charge in [0.05, 0.1) is 23.3 Å². The van der Waals surface area contributed by atoms with Crippen molar-refractivity contribution in [2.75, 3.05) is 13.7 Å². The lowest BCUT2D eigenvalue weighted by molar-refractivity contribution is -0.145. The van der Waals surface area contributed by atoms with Gasteiger partial charge in [0, 0.05) is 12.8 Å². The van der Waals surface area contributed by atoms with Gasteiger partial charge in [-0.05, 0) is 26.8 Å². The van der Waals surface area contributed by atoms with E-state index in [0.29, 0.717) is 16.8 Å². The molecule has 2 aromatic rings. The highest BCUT2D eigenvalue weighted by atomic mass is 16.5. The van der Waals surface area contributed by atoms with E-state index < -0.39 is 17.4 Å². The molecule has 0 spiro atoms. The fourth-order valence-electron chi connectivity index (χ4n) is 2.15. The highest BCUT2D eigenvalue weighted by Crippen LogP contribution is 2.22. The summed E-state index contributed by atoms with van der Waals surface area (Å²) in [5, 5.41) is 16.0. The van der Waals surface area contributed by atoms with Crippen molar-refractivity contribution in [1.29, 1.82) is 0 Å². The SMILES string of the molecule is COCC(C)(NC(=O)c1cc(C)nc2onc(C)c12)C(=O)O. The zero-order valence-electron chi connectivity index (χ0n) is 12.8. The van der Waals surface area contributed by atoms with E-state index in [1.165, 1.54) is 14.0 Å². The first-order valence-electron chi connectivity index (χ1n) is 6.57. The van der Waals surface area contributed by atoms with Gasteiger partial charge in [0.25, 0.3) is 11.6 Å². The number of methoxy groups -OCH3 is 1. The van der Waals surface area contributed by atoms with Gasteiger partial charge in [-0.15, -0.1) is 0 Å². The molecule has 0 fully saturated rings. The molecule has 1 amide bonds. The maximum atomic E-state index is 12.5. The van der Waals surface area contributed by atoms with Crippen LogP contribution in [0.3, 0.4) is 0 Å². The van der Waals surface area contributed by atoms with Gasteiger partial charge in [-0.2, -0.15) is 0 Å². The van der Waals surface area contributed by atoms with Crippen molar-refractivity contribution >= 4 is 23.0 Å². The molecule has 22 heavy (non-hydrogen) atoms. The summed E-state index contributed by atoms with van der Waals surface area (Å²) < 4.78 is 9.95. The van der Waals surface area contributed by atoms with Crippen molar-refractivity contribution in [3.8, 4) is 0 Å². The largest absolute Gasteiger partial charge is 0.479 e. The van der Waals surface area contributed by atoms with Crippen molar-refractivity contribution in [3.63, 3.8) is 0 Å². The maximum absolute atomic E-state index is 12.5. The van der Waals surface area contributed by atoms with Crippen molar-refractivity contribution < 1.29 is 24.0 Å². The molecule has 0 aliphatic rings. The number of amides is 1. The zero-order valence-corrected chi connectivity index (χ0v) is 12.8. The molecule has 0 bridgehead atoms. The molecule has 0 aliphatic carbocycles. The van der Waals surface area contributed by atoms with E-state index in [0.717, 1.165) is 0 Å². The minimum atomic E-state index is -1.54. The van der Waals surface area contributed by atoms with E-state index in [4.69, 9.17) is 9.26 Å². The summed E-state index contributed by atoms with van der Waals surface area (Å²) in [6.45, 7) is 4.61. The number of carbonyl (C=O) groups is 2. The molecular formula is C14H17N3O5. The van der Waals surface area contributed by atoms with E-state index >= 15 is 0 Å². The number of fused-ring (bicyclic) bond motifs is 1. The molecular weight excluding hydrogens is 290 g/mol. The predicted octanol–water partition coefficient (Wildman–Crippen LogP) is 1.06. The molecule has 0 aliphatic heterocycles. The number of hydrogen-bond donors (Lipinski definition) is 2. The summed E-state index contributed by atoms with van der Waals surface area (Å²) in [6.07, 6.45) is 0. The molecule has 8 nitrogen and oxygen atoms in total. The second-order valence-corrected chi connectivity index (χ2v) is 5.28. The monoisotopic (exact) mass is 307 g/mol. The first-order valence-corrected chi connectivity index (χ1v) is 6.57. The van der Waals surface area contributed by atoms with Crippen LogP contribution in [-0.4, -0.2) is 46.4 Å². The second kappa shape index (κ2) is 5.72. The maximum Gasteiger partial charge on any atom is 0.331 e. The first kappa shape index (κ1) is 15.9. The number of nitrogens with one attached hydrogen (secondary N) is 1. The van der Waals surface area contributed by atoms with Gasteiger partial charge in [-0.3, -0.25) is 4.79 Å². The van der Waals surface area contributed by atoms with Crippen molar-refractivity contribution in [3.05, 3.63) is 23.0 Å². The molecule has 2 rings (SSSR count). The summed E-state index contributed by atoms with van der Waals surface area (Å²) in [4.78, 5) is 28.1. The van der Waals surface area contributed by atoms with Crippen LogP contribution in [-0.2, 0) is 9.53 Å². The van der Waals surface area contributed by atoms with E-state index in [1.54, 1.807) is 19.9 Å². The number of hydrogen-bond acceptors (Lipinski definition) is 6. The lowest BCUT2D eigenvalue weighted by Gasteiger charge is -2.25. The van der Waals surface area contributed by atoms with Gasteiger partial charge >= 0.3 is 5.97 Å². The highest BCUT2D eigenvalue weighted by molar-refractivity contribution is 6.07. The molecule has 1 unspecified atom stereocenters. The molecule has 8 heteroatoms. The van der Waals surface area contributed by atoms with Crippen LogP contribution in [0.25, 0.3) is 11.1 Å². The Kier molecular flexibility index (Phi) is 4.14. The van der Waals surface area contributed by atoms with Gasteiger partial charge in [0.1, 0.15) is 0 Å². The Labute approximate surface area is 126 Å². The van der Waals surface area contributed by atoms with Crippen molar-refractivity contribution in [2.24, 2.45) is 0 Å². The van der Waals surface area contributed by atoms with Crippen molar-refractivity contribution in [2.45, 2.75) is 26.3 Å². The molecule has 2 heterocycles. The fourth-order valence-corrected chi connectivity index (χ4v) is 2.15. The molecule has 118 valence electrons. The third-order valence-corrected chi connectivity index (χ3v) is 3.28. The van der Waals surface area contributed by atoms with Crippen LogP contribution in [0.4, 0.5) is 0 Å². The van der Waals surface area contributed by atoms with E-state index in [2.05, 4.69) is 15.5 Å². The number of rotatable bonds is 5. The molecule has 0 saturated carbocycles. The average molecular weight is 307 g/mol. The lowest BCUT2D eigenvalue weighted by Crippen LogP contribution is -2.55. The number of nitrogens with zero attached hydrogens (tertiary/aromatic N) is 2. The molecule has 0 saturated heterocycles. The Morgan fingerprint density at radius 3 is 2.73 bits per heavy atom. The molecule has 0 radical (unpaired) electrons. The number of carboxylic acid groups (broad SMARTS) is 1. The number of carbonyl (C=O) groups excluding carboxylic acids is 1. The van der Waals surface area contributed by atoms with Crippen LogP contribution < -0.4 is 5.32 Å². The van der Waals surface area contributed by atoms with Crippen LogP contribution in [0.1, 0.15) is 28.7 Å². The molecule has 0 aromatic carbocycles. The summed E-state index contributed by atoms with van der Waals surface area (Å²) >= 11 is 0. The van der Waals surface area contributed by atoms with Crippen LogP contribution in [0, 0.1) is 13.8 Å². The normalized spacial score (nSPS) is 13.8. The number of ether oxygens (including phenoxy) is 1. The van der Waals surface area contributed by atoms with Crippen LogP contribution in [0.2, 0.25) is 0 Å². The summed E-state index contributed by atoms with van der Waals surface area (Å²) in [6, 6.07) is 1.57. The lowest BCUT2D eigenvalue weighted by atomic mass is 10.0. The quantitative estimate of drug-likeness (QED) is 0.848. The van der Waals surface area contributed by atoms with Crippen molar-refractivity contribution in [1.82, 2.24) is 15.5 Å². The Balaban J connectivity index is 2.45. The van der Waals surface area contributed by atoms with Crippen LogP contribution in [0.15, 0.2) is 10.6 Å². The highest BCUT2D eigenvalue weighted by Gasteiger charge is 2.36. The fraction of sp³-hybridized carbons (Fsp3) is 0.429. The van der Waals surface area contributed by atoms with Crippen LogP contribution in [0.5, 0.6) is 0 Å². The average Bonchev–Trinajstić information content (AvgIpc) is 2.79. The Morgan fingerprint density at radius 2 is 2.14 bits per heavy atom. The summed E-state index contributed by atoms with van der Waals surface area (Å²) in [5.41, 5.74) is 0.0469. The molecule has 2 N–H and O–H groups in total. The third-order valence-electron chi connectivity index (χ3n) is 3.28. The minimum Gasteiger partial charge on any atom is -0.479 e. The van der Waals surface area contributed by atoms with Gasteiger partial charge < -0.3 is 19.7 Å². The Hall–Kier alpha value is -2.48. The Morgan fingerprint density at radius 1 is 1.45 bits per heavy atom. The summed E-state index contributed by atoms with van der Waals surface area (Å²) in [7, 11) is 1.37. The van der Waals surface area contributed by atoms with Gasteiger partial charge in [0.2, 0.25) is 0 Å². The number of pyridine rings is 1. The molecule has 1 atom stereocenters. The predicted molar refractivity (Wildman–Crippen MR) is 76.7 cm³/mol. The Bertz CT molecular complexity index is 739. The summed E-state index contributed by atoms with van der Waals surface area (Å²) in [5.74, 6) is -1.74. The van der Waals surface area contributed by atoms with Gasteiger partial charge in [-0.1, -0.05) is 5.16 Å². The second-order valence-electron chi connectivity index (χ2n) is 5.28. The smallest absolute Gasteiger partial charge is 0.331 e. The third kappa shape index (κ3) is 2.77. The van der Waals surface area contributed by atoms with E-state index in [1.807, 2.05) is 0 Å². The number of carboxylic acids is 1. The topological polar surface area (TPSA) is 115 Å². The van der Waals surface area contributed by atoms with Gasteiger partial charge in [-0.25, -0.2) is 9.78 Å². The van der Waals surface area contributed by atoms with E-state index in [-0.39, 0.29) is 17.9 Å². The standard InChI is InChI=1S/C14H17N3O5/c1-7-5-9(10-8(2)17-22-12(10)15-7)11(18)16-14(3,6-21-4)13(19)20/h5H,6H2,1-4H3,(H,16,18)(H,19,20). The van der Waals surface area contributed by atoms with Crippen LogP contribution >= 0.6 is 0 Å². The van der Waals surface area contributed by atoms with Gasteiger partial charge in [0.15, 0.2) is 5.54 Å². The van der Waals surface area contributed by atoms with E-state index in [9.17, 15) is 14.7 Å². The minimum absolute atomic E-state index is 0.163. The number of aryl methyl sites for hydroxylation is 2.